The van der Waals surface area contributed by atoms with Crippen LogP contribution in [0.3, 0.4) is 0 Å². The molecule has 1 atom stereocenters. The summed E-state index contributed by atoms with van der Waals surface area (Å²) < 4.78 is 0. The van der Waals surface area contributed by atoms with Crippen molar-refractivity contribution in [1.82, 2.24) is 15.3 Å². The monoisotopic (exact) mass is 288 g/mol. The second-order valence-electron chi connectivity index (χ2n) is 5.78. The number of rotatable bonds is 7. The number of benzene rings is 1. The van der Waals surface area contributed by atoms with Crippen LogP contribution in [0.15, 0.2) is 24.3 Å². The third kappa shape index (κ3) is 4.29. The SMILES string of the molecule is CC(C)CC(NC(=O)CCCN)c1nc2ccccc2[nH]1. The summed E-state index contributed by atoms with van der Waals surface area (Å²) in [5.74, 6) is 1.33. The number of nitrogens with one attached hydrogen (secondary N) is 2. The summed E-state index contributed by atoms with van der Waals surface area (Å²) in [6, 6.07) is 7.82. The van der Waals surface area contributed by atoms with Crippen molar-refractivity contribution < 1.29 is 4.79 Å². The van der Waals surface area contributed by atoms with Crippen molar-refractivity contribution in [2.24, 2.45) is 11.7 Å². The van der Waals surface area contributed by atoms with E-state index in [-0.39, 0.29) is 11.9 Å². The molecule has 0 radical (unpaired) electrons. The van der Waals surface area contributed by atoms with Gasteiger partial charge in [0.1, 0.15) is 5.82 Å². The summed E-state index contributed by atoms with van der Waals surface area (Å²) >= 11 is 0. The third-order valence-corrected chi connectivity index (χ3v) is 3.39. The predicted octanol–water partition coefficient (Wildman–Crippen LogP) is 2.51. The fourth-order valence-electron chi connectivity index (χ4n) is 2.38. The van der Waals surface area contributed by atoms with Crippen molar-refractivity contribution in [1.29, 1.82) is 0 Å². The molecule has 0 aliphatic carbocycles. The highest BCUT2D eigenvalue weighted by Crippen LogP contribution is 2.22. The smallest absolute Gasteiger partial charge is 0.220 e. The normalized spacial score (nSPS) is 12.8. The molecular weight excluding hydrogens is 264 g/mol. The van der Waals surface area contributed by atoms with Crippen LogP contribution < -0.4 is 11.1 Å². The lowest BCUT2D eigenvalue weighted by Crippen LogP contribution is -2.30. The van der Waals surface area contributed by atoms with Gasteiger partial charge in [-0.2, -0.15) is 0 Å². The molecule has 0 spiro atoms. The van der Waals surface area contributed by atoms with Gasteiger partial charge in [-0.15, -0.1) is 0 Å². The minimum atomic E-state index is -0.0809. The molecule has 1 heterocycles. The molecule has 5 nitrogen and oxygen atoms in total. The van der Waals surface area contributed by atoms with Crippen LogP contribution in [0.5, 0.6) is 0 Å². The molecule has 4 N–H and O–H groups in total. The zero-order valence-corrected chi connectivity index (χ0v) is 12.7. The number of carbonyl (C=O) groups is 1. The summed E-state index contributed by atoms with van der Waals surface area (Å²) in [6.45, 7) is 4.82. The Bertz CT molecular complexity index is 558. The minimum Gasteiger partial charge on any atom is -0.346 e. The summed E-state index contributed by atoms with van der Waals surface area (Å²) in [4.78, 5) is 19.9. The molecule has 1 aromatic carbocycles. The van der Waals surface area contributed by atoms with E-state index in [1.165, 1.54) is 0 Å². The summed E-state index contributed by atoms with van der Waals surface area (Å²) in [5, 5.41) is 3.07. The molecule has 5 heteroatoms. The number of carbonyl (C=O) groups excluding carboxylic acids is 1. The van der Waals surface area contributed by atoms with Gasteiger partial charge in [-0.1, -0.05) is 26.0 Å². The van der Waals surface area contributed by atoms with Crippen LogP contribution >= 0.6 is 0 Å². The van der Waals surface area contributed by atoms with E-state index in [0.717, 1.165) is 23.3 Å². The first-order chi connectivity index (χ1) is 10.1. The Kier molecular flexibility index (Phi) is 5.33. The lowest BCUT2D eigenvalue weighted by atomic mass is 10.0. The molecule has 0 bridgehead atoms. The lowest BCUT2D eigenvalue weighted by molar-refractivity contribution is -0.122. The Balaban J connectivity index is 2.16. The number of nitrogens with two attached hydrogens (primary N) is 1. The van der Waals surface area contributed by atoms with Gasteiger partial charge >= 0.3 is 0 Å². The van der Waals surface area contributed by atoms with Crippen LogP contribution in [0.1, 0.15) is 45.0 Å². The number of aromatic nitrogens is 2. The van der Waals surface area contributed by atoms with E-state index in [4.69, 9.17) is 5.73 Å². The number of fused-ring (bicyclic) bond motifs is 1. The van der Waals surface area contributed by atoms with Gasteiger partial charge in [0.25, 0.3) is 0 Å². The van der Waals surface area contributed by atoms with Crippen molar-refractivity contribution in [2.45, 2.75) is 39.2 Å². The fourth-order valence-corrected chi connectivity index (χ4v) is 2.38. The molecule has 0 fully saturated rings. The Labute approximate surface area is 125 Å². The summed E-state index contributed by atoms with van der Waals surface area (Å²) in [7, 11) is 0. The van der Waals surface area contributed by atoms with Crippen LogP contribution in [0.25, 0.3) is 11.0 Å². The molecule has 21 heavy (non-hydrogen) atoms. The number of nitrogens with zero attached hydrogens (tertiary/aromatic N) is 1. The van der Waals surface area contributed by atoms with E-state index in [1.54, 1.807) is 0 Å². The average Bonchev–Trinajstić information content (AvgIpc) is 2.87. The number of aromatic amines is 1. The van der Waals surface area contributed by atoms with E-state index in [1.807, 2.05) is 24.3 Å². The number of hydrogen-bond donors (Lipinski definition) is 3. The van der Waals surface area contributed by atoms with Crippen molar-refractivity contribution in [3.05, 3.63) is 30.1 Å². The quantitative estimate of drug-likeness (QED) is 0.732. The standard InChI is InChI=1S/C16H24N4O/c1-11(2)10-14(18-15(21)8-5-9-17)16-19-12-6-3-4-7-13(12)20-16/h3-4,6-7,11,14H,5,8-10,17H2,1-2H3,(H,18,21)(H,19,20). The largest absolute Gasteiger partial charge is 0.346 e. The van der Waals surface area contributed by atoms with E-state index < -0.39 is 0 Å². The Morgan fingerprint density at radius 3 is 2.81 bits per heavy atom. The Morgan fingerprint density at radius 2 is 2.14 bits per heavy atom. The first-order valence-electron chi connectivity index (χ1n) is 7.54. The van der Waals surface area contributed by atoms with Gasteiger partial charge in [0.05, 0.1) is 17.1 Å². The van der Waals surface area contributed by atoms with Crippen molar-refractivity contribution in [3.8, 4) is 0 Å². The van der Waals surface area contributed by atoms with Crippen LogP contribution in [-0.4, -0.2) is 22.4 Å². The highest BCUT2D eigenvalue weighted by molar-refractivity contribution is 5.77. The second kappa shape index (κ2) is 7.22. The van der Waals surface area contributed by atoms with Gasteiger partial charge in [-0.05, 0) is 37.4 Å². The molecule has 1 amide bonds. The maximum absolute atomic E-state index is 12.0. The van der Waals surface area contributed by atoms with Crippen LogP contribution in [0, 0.1) is 5.92 Å². The third-order valence-electron chi connectivity index (χ3n) is 3.39. The number of para-hydroxylation sites is 2. The van der Waals surface area contributed by atoms with Gasteiger partial charge in [0.2, 0.25) is 5.91 Å². The zero-order valence-electron chi connectivity index (χ0n) is 12.7. The lowest BCUT2D eigenvalue weighted by Gasteiger charge is -2.18. The van der Waals surface area contributed by atoms with Crippen LogP contribution in [0.4, 0.5) is 0 Å². The molecule has 114 valence electrons. The molecule has 0 aliphatic rings. The molecule has 2 rings (SSSR count). The highest BCUT2D eigenvalue weighted by atomic mass is 16.1. The van der Waals surface area contributed by atoms with E-state index in [2.05, 4.69) is 29.1 Å². The number of H-pyrrole nitrogens is 1. The number of hydrogen-bond acceptors (Lipinski definition) is 3. The Hall–Kier alpha value is -1.88. The Morgan fingerprint density at radius 1 is 1.38 bits per heavy atom. The van der Waals surface area contributed by atoms with E-state index in [0.29, 0.717) is 25.3 Å². The first-order valence-corrected chi connectivity index (χ1v) is 7.54. The van der Waals surface area contributed by atoms with E-state index in [9.17, 15) is 4.79 Å². The molecule has 0 saturated carbocycles. The fraction of sp³-hybridized carbons (Fsp3) is 0.500. The molecular formula is C16H24N4O. The summed E-state index contributed by atoms with van der Waals surface area (Å²) in [6.07, 6.45) is 2.03. The molecule has 2 aromatic rings. The van der Waals surface area contributed by atoms with Gasteiger partial charge in [0.15, 0.2) is 0 Å². The summed E-state index contributed by atoms with van der Waals surface area (Å²) in [5.41, 5.74) is 7.38. The molecule has 0 aliphatic heterocycles. The second-order valence-corrected chi connectivity index (χ2v) is 5.78. The van der Waals surface area contributed by atoms with Gasteiger partial charge in [-0.3, -0.25) is 4.79 Å². The van der Waals surface area contributed by atoms with E-state index >= 15 is 0 Å². The van der Waals surface area contributed by atoms with Crippen molar-refractivity contribution in [3.63, 3.8) is 0 Å². The van der Waals surface area contributed by atoms with Gasteiger partial charge in [-0.25, -0.2) is 4.98 Å². The van der Waals surface area contributed by atoms with Crippen LogP contribution in [0.2, 0.25) is 0 Å². The molecule has 1 unspecified atom stereocenters. The van der Waals surface area contributed by atoms with Crippen molar-refractivity contribution >= 4 is 16.9 Å². The first kappa shape index (κ1) is 15.5. The average molecular weight is 288 g/mol. The van der Waals surface area contributed by atoms with Gasteiger partial charge in [0, 0.05) is 6.42 Å². The maximum Gasteiger partial charge on any atom is 0.220 e. The number of imidazole rings is 1. The topological polar surface area (TPSA) is 83.8 Å². The minimum absolute atomic E-state index is 0.0338. The highest BCUT2D eigenvalue weighted by Gasteiger charge is 2.19. The van der Waals surface area contributed by atoms with Gasteiger partial charge < -0.3 is 16.0 Å². The molecule has 0 saturated heterocycles. The maximum atomic E-state index is 12.0. The zero-order chi connectivity index (χ0) is 15.2. The number of amides is 1. The predicted molar refractivity (Wildman–Crippen MR) is 84.7 cm³/mol. The molecule has 1 aromatic heterocycles. The van der Waals surface area contributed by atoms with Crippen molar-refractivity contribution in [2.75, 3.05) is 6.54 Å². The van der Waals surface area contributed by atoms with Crippen LogP contribution in [-0.2, 0) is 4.79 Å².